The van der Waals surface area contributed by atoms with Gasteiger partial charge in [-0.15, -0.1) is 0 Å². The minimum absolute atomic E-state index is 0.785. The number of fused-ring (bicyclic) bond motifs is 1. The van der Waals surface area contributed by atoms with Crippen molar-refractivity contribution in [1.82, 2.24) is 5.43 Å². The van der Waals surface area contributed by atoms with Crippen molar-refractivity contribution in [3.8, 4) is 0 Å². The molecule has 1 heterocycles. The van der Waals surface area contributed by atoms with E-state index in [1.807, 2.05) is 13.0 Å². The summed E-state index contributed by atoms with van der Waals surface area (Å²) < 4.78 is 0. The lowest BCUT2D eigenvalue weighted by molar-refractivity contribution is 0.860. The summed E-state index contributed by atoms with van der Waals surface area (Å²) in [5, 5.41) is 4.52. The highest BCUT2D eigenvalue weighted by atomic mass is 15.3. The van der Waals surface area contributed by atoms with Crippen LogP contribution in [0.15, 0.2) is 65.0 Å². The van der Waals surface area contributed by atoms with E-state index in [4.69, 9.17) is 7.85 Å². The zero-order valence-corrected chi connectivity index (χ0v) is 13.8. The zero-order chi connectivity index (χ0) is 16.4. The van der Waals surface area contributed by atoms with Crippen molar-refractivity contribution in [3.63, 3.8) is 0 Å². The summed E-state index contributed by atoms with van der Waals surface area (Å²) in [4.78, 5) is 0. The van der Waals surface area contributed by atoms with Gasteiger partial charge < -0.3 is 0 Å². The van der Waals surface area contributed by atoms with Crippen molar-refractivity contribution in [2.75, 3.05) is 0 Å². The largest absolute Gasteiger partial charge is 0.278 e. The van der Waals surface area contributed by atoms with Crippen LogP contribution in [-0.2, 0) is 6.42 Å². The van der Waals surface area contributed by atoms with E-state index in [1.54, 1.807) is 0 Å². The summed E-state index contributed by atoms with van der Waals surface area (Å²) in [6.45, 7) is 8.17. The molecule has 0 unspecified atom stereocenters. The van der Waals surface area contributed by atoms with E-state index in [9.17, 15) is 0 Å². The molecule has 0 fully saturated rings. The van der Waals surface area contributed by atoms with Crippen LogP contribution < -0.4 is 10.9 Å². The molecular weight excluding hydrogens is 279 g/mol. The smallest absolute Gasteiger partial charge is 0.114 e. The Labute approximate surface area is 139 Å². The van der Waals surface area contributed by atoms with Crippen LogP contribution in [0.25, 0.3) is 5.57 Å². The molecule has 23 heavy (non-hydrogen) atoms. The van der Waals surface area contributed by atoms with Gasteiger partial charge in [-0.1, -0.05) is 48.5 Å². The number of benzene rings is 1. The third-order valence-electron chi connectivity index (χ3n) is 4.46. The molecule has 0 bridgehead atoms. The predicted molar refractivity (Wildman–Crippen MR) is 100.0 cm³/mol. The minimum Gasteiger partial charge on any atom is -0.278 e. The lowest BCUT2D eigenvalue weighted by Gasteiger charge is -2.24. The molecule has 0 aromatic heterocycles. The summed E-state index contributed by atoms with van der Waals surface area (Å²) in [7, 11) is 6.11. The van der Waals surface area contributed by atoms with Gasteiger partial charge in [-0.3, -0.25) is 5.43 Å². The highest BCUT2D eigenvalue weighted by Crippen LogP contribution is 2.28. The maximum Gasteiger partial charge on any atom is 0.114 e. The Kier molecular flexibility index (Phi) is 4.38. The maximum atomic E-state index is 6.11. The number of rotatable bonds is 3. The Hall–Kier alpha value is -2.29. The fourth-order valence-corrected chi connectivity index (χ4v) is 3.03. The van der Waals surface area contributed by atoms with Crippen molar-refractivity contribution < 1.29 is 0 Å². The molecule has 0 saturated heterocycles. The predicted octanol–water partition coefficient (Wildman–Crippen LogP) is 3.57. The molecule has 0 saturated carbocycles. The van der Waals surface area contributed by atoms with Crippen LogP contribution in [0.2, 0.25) is 0 Å². The SMILES string of the molecule is [B]c1ccc(CC2=NNC(=C)C3=CCCC=C32)cc1/C(C)=C/C. The van der Waals surface area contributed by atoms with Crippen molar-refractivity contribution in [3.05, 3.63) is 71.0 Å². The van der Waals surface area contributed by atoms with Crippen LogP contribution in [-0.4, -0.2) is 13.6 Å². The number of hydrazone groups is 1. The van der Waals surface area contributed by atoms with Gasteiger partial charge in [-0.25, -0.2) is 0 Å². The quantitative estimate of drug-likeness (QED) is 0.848. The molecule has 2 aliphatic rings. The first-order valence-corrected chi connectivity index (χ1v) is 8.04. The topological polar surface area (TPSA) is 24.4 Å². The fourth-order valence-electron chi connectivity index (χ4n) is 3.03. The monoisotopic (exact) mass is 300 g/mol. The lowest BCUT2D eigenvalue weighted by atomic mass is 9.84. The van der Waals surface area contributed by atoms with Gasteiger partial charge >= 0.3 is 0 Å². The third-order valence-corrected chi connectivity index (χ3v) is 4.46. The average Bonchev–Trinajstić information content (AvgIpc) is 2.58. The highest BCUT2D eigenvalue weighted by Gasteiger charge is 2.21. The van der Waals surface area contributed by atoms with Crippen LogP contribution in [0.4, 0.5) is 0 Å². The van der Waals surface area contributed by atoms with Crippen LogP contribution in [0, 0.1) is 0 Å². The summed E-state index contributed by atoms with van der Waals surface area (Å²) >= 11 is 0. The molecule has 1 N–H and O–H groups in total. The second-order valence-corrected chi connectivity index (χ2v) is 6.03. The molecule has 3 heteroatoms. The number of allylic oxidation sites excluding steroid dienone is 5. The van der Waals surface area contributed by atoms with Gasteiger partial charge in [0.1, 0.15) is 7.85 Å². The van der Waals surface area contributed by atoms with E-state index in [0.717, 1.165) is 41.7 Å². The second kappa shape index (κ2) is 6.45. The molecule has 2 nitrogen and oxygen atoms in total. The minimum atomic E-state index is 0.785. The van der Waals surface area contributed by atoms with E-state index < -0.39 is 0 Å². The van der Waals surface area contributed by atoms with Crippen molar-refractivity contribution >= 4 is 24.6 Å². The molecule has 114 valence electrons. The van der Waals surface area contributed by atoms with Crippen LogP contribution >= 0.6 is 0 Å². The summed E-state index contributed by atoms with van der Waals surface area (Å²) in [5.41, 5.74) is 11.8. The number of hydrogen-bond acceptors (Lipinski definition) is 2. The summed E-state index contributed by atoms with van der Waals surface area (Å²) in [6, 6.07) is 6.24. The Bertz CT molecular complexity index is 779. The first-order chi connectivity index (χ1) is 11.1. The fraction of sp³-hybridized carbons (Fsp3) is 0.250. The molecular formula is C20H21BN2. The molecule has 0 spiro atoms. The van der Waals surface area contributed by atoms with E-state index >= 15 is 0 Å². The molecule has 1 aromatic carbocycles. The van der Waals surface area contributed by atoms with Crippen molar-refractivity contribution in [1.29, 1.82) is 0 Å². The number of nitrogens with zero attached hydrogens (tertiary/aromatic N) is 1. The van der Waals surface area contributed by atoms with E-state index in [0.29, 0.717) is 0 Å². The summed E-state index contributed by atoms with van der Waals surface area (Å²) in [6.07, 6.45) is 9.53. The van der Waals surface area contributed by atoms with E-state index in [1.165, 1.54) is 22.3 Å². The van der Waals surface area contributed by atoms with E-state index in [-0.39, 0.29) is 0 Å². The van der Waals surface area contributed by atoms with Crippen LogP contribution in [0.3, 0.4) is 0 Å². The number of nitrogens with one attached hydrogen (secondary N) is 1. The Morgan fingerprint density at radius 1 is 1.30 bits per heavy atom. The molecule has 0 amide bonds. The zero-order valence-electron chi connectivity index (χ0n) is 13.8. The lowest BCUT2D eigenvalue weighted by Crippen LogP contribution is -2.25. The van der Waals surface area contributed by atoms with Crippen molar-refractivity contribution in [2.24, 2.45) is 5.10 Å². The standard InChI is InChI=1S/C20H21BN2/c1-4-13(2)18-11-15(9-10-19(18)21)12-20-17-8-6-5-7-16(17)14(3)22-23-20/h4,7-11,22H,3,5-6,12H2,1-2H3/b13-4+. The molecule has 1 aliphatic heterocycles. The van der Waals surface area contributed by atoms with Gasteiger partial charge in [0, 0.05) is 17.6 Å². The van der Waals surface area contributed by atoms with Crippen LogP contribution in [0.1, 0.15) is 37.8 Å². The summed E-state index contributed by atoms with van der Waals surface area (Å²) in [5.74, 6) is 0. The first-order valence-electron chi connectivity index (χ1n) is 8.04. The average molecular weight is 300 g/mol. The van der Waals surface area contributed by atoms with Gasteiger partial charge in [-0.2, -0.15) is 5.10 Å². The Balaban J connectivity index is 1.92. The Morgan fingerprint density at radius 2 is 2.04 bits per heavy atom. The third kappa shape index (κ3) is 3.09. The first kappa shape index (κ1) is 15.6. The normalized spacial score (nSPS) is 17.7. The van der Waals surface area contributed by atoms with Gasteiger partial charge in [0.25, 0.3) is 0 Å². The molecule has 1 aromatic rings. The number of hydrogen-bond donors (Lipinski definition) is 1. The van der Waals surface area contributed by atoms with Gasteiger partial charge in [-0.05, 0) is 43.4 Å². The van der Waals surface area contributed by atoms with Crippen molar-refractivity contribution in [2.45, 2.75) is 33.1 Å². The van der Waals surface area contributed by atoms with Gasteiger partial charge in [0.2, 0.25) is 0 Å². The molecule has 1 aliphatic carbocycles. The molecule has 2 radical (unpaired) electrons. The maximum absolute atomic E-state index is 6.11. The van der Waals surface area contributed by atoms with Gasteiger partial charge in [0.05, 0.1) is 11.4 Å². The highest BCUT2D eigenvalue weighted by molar-refractivity contribution is 6.34. The second-order valence-electron chi connectivity index (χ2n) is 6.03. The molecule has 0 atom stereocenters. The van der Waals surface area contributed by atoms with E-state index in [2.05, 4.69) is 54.4 Å². The molecule has 3 rings (SSSR count). The van der Waals surface area contributed by atoms with Crippen LogP contribution in [0.5, 0.6) is 0 Å². The Morgan fingerprint density at radius 3 is 2.78 bits per heavy atom. The van der Waals surface area contributed by atoms with Gasteiger partial charge in [0.15, 0.2) is 0 Å².